The van der Waals surface area contributed by atoms with Gasteiger partial charge >= 0.3 is 0 Å². The van der Waals surface area contributed by atoms with Crippen LogP contribution in [0.1, 0.15) is 46.0 Å². The second kappa shape index (κ2) is 4.98. The molecule has 0 aromatic carbocycles. The van der Waals surface area contributed by atoms with E-state index in [0.29, 0.717) is 17.2 Å². The fourth-order valence-corrected chi connectivity index (χ4v) is 3.16. The molecule has 0 radical (unpaired) electrons. The van der Waals surface area contributed by atoms with E-state index in [2.05, 4.69) is 25.2 Å². The molecule has 2 nitrogen and oxygen atoms in total. The largest absolute Gasteiger partial charge is 0.296 e. The topological polar surface area (TPSA) is 35.8 Å². The molecule has 3 heteroatoms. The Labute approximate surface area is 103 Å². The van der Waals surface area contributed by atoms with Gasteiger partial charge in [-0.1, -0.05) is 13.8 Å². The Balaban J connectivity index is 1.92. The minimum absolute atomic E-state index is 0.213. The van der Waals surface area contributed by atoms with Crippen molar-refractivity contribution in [3.05, 3.63) is 0 Å². The third-order valence-corrected chi connectivity index (χ3v) is 5.21. The van der Waals surface area contributed by atoms with Gasteiger partial charge in [-0.3, -0.25) is 5.32 Å². The van der Waals surface area contributed by atoms with Crippen molar-refractivity contribution in [3.63, 3.8) is 0 Å². The van der Waals surface area contributed by atoms with Gasteiger partial charge in [0.25, 0.3) is 0 Å². The summed E-state index contributed by atoms with van der Waals surface area (Å²) in [5.41, 5.74) is -0.213. The van der Waals surface area contributed by atoms with E-state index in [4.69, 9.17) is 0 Å². The van der Waals surface area contributed by atoms with Gasteiger partial charge in [0.2, 0.25) is 0 Å². The smallest absolute Gasteiger partial charge is 0.118 e. The highest BCUT2D eigenvalue weighted by Gasteiger charge is 2.48. The Hall–Kier alpha value is -0.200. The fraction of sp³-hybridized carbons (Fsp3) is 0.923. The summed E-state index contributed by atoms with van der Waals surface area (Å²) in [6, 6.07) is 3.23. The number of nitrogens with zero attached hydrogens (tertiary/aromatic N) is 1. The molecule has 0 amide bonds. The van der Waals surface area contributed by atoms with Gasteiger partial charge in [-0.25, -0.2) is 0 Å². The maximum atomic E-state index is 9.52. The maximum Gasteiger partial charge on any atom is 0.118 e. The van der Waals surface area contributed by atoms with Gasteiger partial charge in [-0.05, 0) is 38.0 Å². The average molecular weight is 238 g/mol. The molecular formula is C13H22N2S. The first-order valence-corrected chi connectivity index (χ1v) is 7.55. The van der Waals surface area contributed by atoms with E-state index in [1.54, 1.807) is 0 Å². The number of hydrogen-bond donors (Lipinski definition) is 1. The highest BCUT2D eigenvalue weighted by molar-refractivity contribution is 7.99. The third kappa shape index (κ3) is 2.93. The molecule has 16 heavy (non-hydrogen) atoms. The van der Waals surface area contributed by atoms with Crippen LogP contribution in [0.2, 0.25) is 0 Å². The third-order valence-electron chi connectivity index (χ3n) is 3.68. The zero-order chi connectivity index (χ0) is 11.6. The predicted octanol–water partition coefficient (Wildman–Crippen LogP) is 2.94. The normalized spacial score (nSPS) is 25.8. The lowest BCUT2D eigenvalue weighted by Gasteiger charge is -2.29. The van der Waals surface area contributed by atoms with Crippen LogP contribution in [0.15, 0.2) is 0 Å². The molecule has 0 saturated heterocycles. The van der Waals surface area contributed by atoms with Crippen molar-refractivity contribution >= 4 is 11.8 Å². The van der Waals surface area contributed by atoms with Crippen LogP contribution in [0.25, 0.3) is 0 Å². The molecule has 2 unspecified atom stereocenters. The summed E-state index contributed by atoms with van der Waals surface area (Å²) in [5.74, 6) is 1.59. The first-order valence-electron chi connectivity index (χ1n) is 6.50. The number of nitriles is 1. The van der Waals surface area contributed by atoms with Crippen LogP contribution >= 0.6 is 11.8 Å². The quantitative estimate of drug-likeness (QED) is 0.741. The van der Waals surface area contributed by atoms with Crippen molar-refractivity contribution in [3.8, 4) is 6.07 Å². The minimum atomic E-state index is -0.213. The molecule has 0 aliphatic heterocycles. The van der Waals surface area contributed by atoms with E-state index in [1.807, 2.05) is 11.8 Å². The molecule has 2 aliphatic carbocycles. The Bertz CT molecular complexity index is 278. The van der Waals surface area contributed by atoms with Gasteiger partial charge in [0, 0.05) is 17.0 Å². The van der Waals surface area contributed by atoms with Crippen LogP contribution < -0.4 is 5.32 Å². The maximum absolute atomic E-state index is 9.52. The van der Waals surface area contributed by atoms with Crippen LogP contribution in [-0.2, 0) is 0 Å². The summed E-state index contributed by atoms with van der Waals surface area (Å²) in [5, 5.41) is 13.8. The minimum Gasteiger partial charge on any atom is -0.296 e. The molecule has 2 fully saturated rings. The SMILES string of the molecule is CCC(C)SCC(C#N)(NC1CC1)C1CC1. The zero-order valence-electron chi connectivity index (χ0n) is 10.3. The molecule has 0 heterocycles. The zero-order valence-corrected chi connectivity index (χ0v) is 11.1. The molecular weight excluding hydrogens is 216 g/mol. The van der Waals surface area contributed by atoms with Gasteiger partial charge in [-0.2, -0.15) is 17.0 Å². The van der Waals surface area contributed by atoms with Gasteiger partial charge in [0.15, 0.2) is 0 Å². The van der Waals surface area contributed by atoms with Crippen LogP contribution in [0, 0.1) is 17.2 Å². The molecule has 2 aliphatic rings. The predicted molar refractivity (Wildman–Crippen MR) is 69.4 cm³/mol. The molecule has 0 aromatic rings. The Morgan fingerprint density at radius 2 is 2.12 bits per heavy atom. The summed E-state index contributed by atoms with van der Waals surface area (Å²) in [6.45, 7) is 4.48. The van der Waals surface area contributed by atoms with Gasteiger partial charge in [-0.15, -0.1) is 0 Å². The lowest BCUT2D eigenvalue weighted by Crippen LogP contribution is -2.49. The Morgan fingerprint density at radius 1 is 1.44 bits per heavy atom. The standard InChI is InChI=1S/C13H22N2S/c1-3-10(2)16-9-13(8-14,11-4-5-11)15-12-6-7-12/h10-12,15H,3-7,9H2,1-2H3. The lowest BCUT2D eigenvalue weighted by molar-refractivity contribution is 0.401. The summed E-state index contributed by atoms with van der Waals surface area (Å²) in [7, 11) is 0. The molecule has 1 N–H and O–H groups in total. The highest BCUT2D eigenvalue weighted by Crippen LogP contribution is 2.43. The Kier molecular flexibility index (Phi) is 3.81. The number of rotatable bonds is 7. The van der Waals surface area contributed by atoms with Gasteiger partial charge in [0.1, 0.15) is 5.54 Å². The molecule has 0 spiro atoms. The molecule has 0 bridgehead atoms. The number of nitrogens with one attached hydrogen (secondary N) is 1. The first kappa shape index (κ1) is 12.3. The van der Waals surface area contributed by atoms with E-state index in [1.165, 1.54) is 32.1 Å². The number of hydrogen-bond acceptors (Lipinski definition) is 3. The Morgan fingerprint density at radius 3 is 2.56 bits per heavy atom. The van der Waals surface area contributed by atoms with E-state index in [-0.39, 0.29) is 5.54 Å². The summed E-state index contributed by atoms with van der Waals surface area (Å²) >= 11 is 1.96. The van der Waals surface area contributed by atoms with Crippen molar-refractivity contribution < 1.29 is 0 Å². The number of thioether (sulfide) groups is 1. The van der Waals surface area contributed by atoms with Crippen LogP contribution in [0.5, 0.6) is 0 Å². The molecule has 90 valence electrons. The van der Waals surface area contributed by atoms with Gasteiger partial charge in [0.05, 0.1) is 6.07 Å². The first-order chi connectivity index (χ1) is 7.70. The van der Waals surface area contributed by atoms with Crippen molar-refractivity contribution in [2.45, 2.75) is 62.8 Å². The second-order valence-corrected chi connectivity index (χ2v) is 6.73. The second-order valence-electron chi connectivity index (χ2n) is 5.31. The summed E-state index contributed by atoms with van der Waals surface area (Å²) < 4.78 is 0. The molecule has 2 saturated carbocycles. The van der Waals surface area contributed by atoms with Crippen LogP contribution in [-0.4, -0.2) is 22.6 Å². The van der Waals surface area contributed by atoms with E-state index in [9.17, 15) is 5.26 Å². The fourth-order valence-electron chi connectivity index (χ4n) is 1.99. The van der Waals surface area contributed by atoms with Gasteiger partial charge < -0.3 is 0 Å². The van der Waals surface area contributed by atoms with E-state index in [0.717, 1.165) is 5.75 Å². The summed E-state index contributed by atoms with van der Waals surface area (Å²) in [6.07, 6.45) is 6.22. The molecule has 0 aromatic heterocycles. The average Bonchev–Trinajstić information content (AvgIpc) is 3.15. The van der Waals surface area contributed by atoms with Crippen molar-refractivity contribution in [1.29, 1.82) is 5.26 Å². The van der Waals surface area contributed by atoms with E-state index >= 15 is 0 Å². The molecule has 2 atom stereocenters. The van der Waals surface area contributed by atoms with Crippen molar-refractivity contribution in [1.82, 2.24) is 5.32 Å². The monoisotopic (exact) mass is 238 g/mol. The van der Waals surface area contributed by atoms with Crippen LogP contribution in [0.4, 0.5) is 0 Å². The van der Waals surface area contributed by atoms with Crippen molar-refractivity contribution in [2.75, 3.05) is 5.75 Å². The van der Waals surface area contributed by atoms with Crippen LogP contribution in [0.3, 0.4) is 0 Å². The highest BCUT2D eigenvalue weighted by atomic mass is 32.2. The summed E-state index contributed by atoms with van der Waals surface area (Å²) in [4.78, 5) is 0. The molecule has 2 rings (SSSR count). The van der Waals surface area contributed by atoms with Crippen molar-refractivity contribution in [2.24, 2.45) is 5.92 Å². The van der Waals surface area contributed by atoms with E-state index < -0.39 is 0 Å². The lowest BCUT2D eigenvalue weighted by atomic mass is 9.97.